The van der Waals surface area contributed by atoms with Gasteiger partial charge in [0, 0.05) is 8.95 Å². The lowest BCUT2D eigenvalue weighted by Gasteiger charge is -2.10. The smallest absolute Gasteiger partial charge is 0.278 e. The Morgan fingerprint density at radius 1 is 1.38 bits per heavy atom. The van der Waals surface area contributed by atoms with Crippen LogP contribution in [0.4, 0.5) is 11.4 Å². The first-order chi connectivity index (χ1) is 9.93. The number of benzene rings is 1. The van der Waals surface area contributed by atoms with Gasteiger partial charge in [-0.25, -0.2) is 0 Å². The van der Waals surface area contributed by atoms with Gasteiger partial charge in [0.2, 0.25) is 0 Å². The highest BCUT2D eigenvalue weighted by Crippen LogP contribution is 2.33. The largest absolute Gasteiger partial charge is 0.395 e. The molecule has 0 saturated carbocycles. The SMILES string of the molecule is CCCc1[nH]nc(C(=O)Nc2c(Br)cc(C)cc2Br)c1N. The molecule has 5 nitrogen and oxygen atoms in total. The Kier molecular flexibility index (Phi) is 5.05. The third-order valence-electron chi connectivity index (χ3n) is 3.02. The van der Waals surface area contributed by atoms with Crippen molar-refractivity contribution in [1.29, 1.82) is 0 Å². The number of rotatable bonds is 4. The lowest BCUT2D eigenvalue weighted by atomic mass is 10.2. The first kappa shape index (κ1) is 16.0. The molecule has 0 aliphatic rings. The van der Waals surface area contributed by atoms with Gasteiger partial charge in [0.25, 0.3) is 5.91 Å². The number of nitrogens with one attached hydrogen (secondary N) is 2. The van der Waals surface area contributed by atoms with Crippen LogP contribution in [0.3, 0.4) is 0 Å². The third kappa shape index (κ3) is 3.47. The molecule has 0 aliphatic carbocycles. The van der Waals surface area contributed by atoms with E-state index in [-0.39, 0.29) is 11.6 Å². The molecule has 112 valence electrons. The molecule has 7 heteroatoms. The standard InChI is InChI=1S/C14H16Br2N4O/c1-3-4-10-11(17)13(20-19-10)14(21)18-12-8(15)5-7(2)6-9(12)16/h5-6H,3-4,17H2,1-2H3,(H,18,21)(H,19,20). The van der Waals surface area contributed by atoms with Crippen LogP contribution in [0, 0.1) is 6.92 Å². The van der Waals surface area contributed by atoms with Crippen LogP contribution in [0.2, 0.25) is 0 Å². The van der Waals surface area contributed by atoms with Crippen LogP contribution in [0.25, 0.3) is 0 Å². The number of anilines is 2. The summed E-state index contributed by atoms with van der Waals surface area (Å²) in [6.07, 6.45) is 1.70. The summed E-state index contributed by atoms with van der Waals surface area (Å²) in [5.41, 5.74) is 9.13. The summed E-state index contributed by atoms with van der Waals surface area (Å²) in [4.78, 5) is 12.3. The number of nitrogens with two attached hydrogens (primary N) is 1. The Bertz CT molecular complexity index is 659. The second-order valence-electron chi connectivity index (χ2n) is 4.77. The number of aryl methyl sites for hydroxylation is 2. The lowest BCUT2D eigenvalue weighted by Crippen LogP contribution is -2.15. The van der Waals surface area contributed by atoms with E-state index in [0.29, 0.717) is 11.4 Å². The lowest BCUT2D eigenvalue weighted by molar-refractivity contribution is 0.102. The summed E-state index contributed by atoms with van der Waals surface area (Å²) >= 11 is 6.89. The molecule has 0 spiro atoms. The molecule has 2 rings (SSSR count). The molecular weight excluding hydrogens is 400 g/mol. The molecular formula is C14H16Br2N4O. The van der Waals surface area contributed by atoms with Gasteiger partial charge in [-0.2, -0.15) is 5.10 Å². The van der Waals surface area contributed by atoms with E-state index >= 15 is 0 Å². The van der Waals surface area contributed by atoms with Gasteiger partial charge in [0.1, 0.15) is 0 Å². The average molecular weight is 416 g/mol. The summed E-state index contributed by atoms with van der Waals surface area (Å²) < 4.78 is 1.59. The highest BCUT2D eigenvalue weighted by Gasteiger charge is 2.19. The summed E-state index contributed by atoms with van der Waals surface area (Å²) in [7, 11) is 0. The molecule has 1 aromatic carbocycles. The fourth-order valence-corrected chi connectivity index (χ4v) is 3.61. The van der Waals surface area contributed by atoms with Gasteiger partial charge in [-0.15, -0.1) is 0 Å². The Balaban J connectivity index is 2.27. The summed E-state index contributed by atoms with van der Waals surface area (Å²) in [5.74, 6) is -0.337. The van der Waals surface area contributed by atoms with Crippen LogP contribution in [0.1, 0.15) is 35.1 Å². The molecule has 0 fully saturated rings. The normalized spacial score (nSPS) is 10.7. The molecule has 0 radical (unpaired) electrons. The van der Waals surface area contributed by atoms with Crippen molar-refractivity contribution in [2.75, 3.05) is 11.1 Å². The van der Waals surface area contributed by atoms with E-state index < -0.39 is 0 Å². The van der Waals surface area contributed by atoms with Crippen molar-refractivity contribution in [2.24, 2.45) is 0 Å². The highest BCUT2D eigenvalue weighted by atomic mass is 79.9. The van der Waals surface area contributed by atoms with Gasteiger partial charge < -0.3 is 11.1 Å². The fraction of sp³-hybridized carbons (Fsp3) is 0.286. The maximum atomic E-state index is 12.3. The minimum absolute atomic E-state index is 0.220. The molecule has 1 aromatic heterocycles. The molecule has 21 heavy (non-hydrogen) atoms. The van der Waals surface area contributed by atoms with Gasteiger partial charge in [0.05, 0.1) is 17.1 Å². The maximum Gasteiger partial charge on any atom is 0.278 e. The van der Waals surface area contributed by atoms with Crippen LogP contribution < -0.4 is 11.1 Å². The topological polar surface area (TPSA) is 83.8 Å². The molecule has 0 bridgehead atoms. The number of hydrogen-bond acceptors (Lipinski definition) is 3. The van der Waals surface area contributed by atoms with Crippen LogP contribution in [-0.2, 0) is 6.42 Å². The number of carbonyl (C=O) groups excluding carboxylic acids is 1. The Hall–Kier alpha value is -1.34. The first-order valence-corrected chi connectivity index (χ1v) is 8.12. The number of aromatic nitrogens is 2. The minimum atomic E-state index is -0.337. The Morgan fingerprint density at radius 2 is 2.00 bits per heavy atom. The maximum absolute atomic E-state index is 12.3. The minimum Gasteiger partial charge on any atom is -0.395 e. The number of nitrogens with zero attached hydrogens (tertiary/aromatic N) is 1. The van der Waals surface area contributed by atoms with Crippen LogP contribution in [-0.4, -0.2) is 16.1 Å². The predicted octanol–water partition coefficient (Wildman–Crippen LogP) is 4.03. The van der Waals surface area contributed by atoms with Crippen LogP contribution in [0.15, 0.2) is 21.1 Å². The monoisotopic (exact) mass is 414 g/mol. The Labute approximate surface area is 139 Å². The van der Waals surface area contributed by atoms with Gasteiger partial charge >= 0.3 is 0 Å². The Morgan fingerprint density at radius 3 is 2.57 bits per heavy atom. The second-order valence-corrected chi connectivity index (χ2v) is 6.48. The number of hydrogen-bond donors (Lipinski definition) is 3. The number of carbonyl (C=O) groups is 1. The van der Waals surface area contributed by atoms with E-state index in [1.807, 2.05) is 26.0 Å². The van der Waals surface area contributed by atoms with E-state index in [1.165, 1.54) is 0 Å². The van der Waals surface area contributed by atoms with Crippen molar-refractivity contribution in [2.45, 2.75) is 26.7 Å². The van der Waals surface area contributed by atoms with Crippen molar-refractivity contribution in [1.82, 2.24) is 10.2 Å². The van der Waals surface area contributed by atoms with Gasteiger partial charge in [-0.3, -0.25) is 9.89 Å². The third-order valence-corrected chi connectivity index (χ3v) is 4.27. The van der Waals surface area contributed by atoms with Gasteiger partial charge in [-0.1, -0.05) is 13.3 Å². The molecule has 2 aromatic rings. The fourth-order valence-electron chi connectivity index (χ4n) is 1.99. The number of aromatic amines is 1. The van der Waals surface area contributed by atoms with Crippen molar-refractivity contribution in [3.05, 3.63) is 38.0 Å². The second kappa shape index (κ2) is 6.62. The molecule has 0 aliphatic heterocycles. The van der Waals surface area contributed by atoms with Crippen molar-refractivity contribution >= 4 is 49.1 Å². The number of halogens is 2. The molecule has 0 saturated heterocycles. The van der Waals surface area contributed by atoms with E-state index in [0.717, 1.165) is 33.0 Å². The predicted molar refractivity (Wildman–Crippen MR) is 91.5 cm³/mol. The van der Waals surface area contributed by atoms with E-state index in [2.05, 4.69) is 47.4 Å². The van der Waals surface area contributed by atoms with Crippen molar-refractivity contribution in [3.8, 4) is 0 Å². The molecule has 1 heterocycles. The number of amides is 1. The molecule has 1 amide bonds. The summed E-state index contributed by atoms with van der Waals surface area (Å²) in [6.45, 7) is 4.02. The number of H-pyrrole nitrogens is 1. The molecule has 4 N–H and O–H groups in total. The van der Waals surface area contributed by atoms with Gasteiger partial charge in [-0.05, 0) is 62.9 Å². The highest BCUT2D eigenvalue weighted by molar-refractivity contribution is 9.11. The first-order valence-electron chi connectivity index (χ1n) is 6.53. The van der Waals surface area contributed by atoms with E-state index in [1.54, 1.807) is 0 Å². The zero-order valence-electron chi connectivity index (χ0n) is 11.8. The summed E-state index contributed by atoms with van der Waals surface area (Å²) in [6, 6.07) is 3.85. The molecule has 0 unspecified atom stereocenters. The average Bonchev–Trinajstić information content (AvgIpc) is 2.76. The van der Waals surface area contributed by atoms with E-state index in [9.17, 15) is 4.79 Å². The van der Waals surface area contributed by atoms with E-state index in [4.69, 9.17) is 5.73 Å². The van der Waals surface area contributed by atoms with Gasteiger partial charge in [0.15, 0.2) is 5.69 Å². The van der Waals surface area contributed by atoms with Crippen molar-refractivity contribution in [3.63, 3.8) is 0 Å². The van der Waals surface area contributed by atoms with Crippen molar-refractivity contribution < 1.29 is 4.79 Å². The zero-order chi connectivity index (χ0) is 15.6. The zero-order valence-corrected chi connectivity index (χ0v) is 14.9. The number of nitrogen functional groups attached to an aromatic ring is 1. The van der Waals surface area contributed by atoms with Crippen LogP contribution >= 0.6 is 31.9 Å². The molecule has 0 atom stereocenters. The van der Waals surface area contributed by atoms with Crippen LogP contribution in [0.5, 0.6) is 0 Å². The summed E-state index contributed by atoms with van der Waals surface area (Å²) in [5, 5.41) is 9.66. The quantitative estimate of drug-likeness (QED) is 0.704.